The van der Waals surface area contributed by atoms with Crippen LogP contribution in [0.1, 0.15) is 25.7 Å². The Kier molecular flexibility index (Phi) is 2.49. The van der Waals surface area contributed by atoms with E-state index in [1.165, 1.54) is 0 Å². The van der Waals surface area contributed by atoms with E-state index in [9.17, 15) is 9.90 Å². The van der Waals surface area contributed by atoms with Gasteiger partial charge in [0.05, 0.1) is 6.61 Å². The van der Waals surface area contributed by atoms with Crippen molar-refractivity contribution >= 4 is 5.97 Å². The molecule has 14 heavy (non-hydrogen) atoms. The lowest BCUT2D eigenvalue weighted by atomic mass is 9.80. The van der Waals surface area contributed by atoms with Gasteiger partial charge in [-0.1, -0.05) is 0 Å². The van der Waals surface area contributed by atoms with E-state index in [4.69, 9.17) is 9.84 Å². The van der Waals surface area contributed by atoms with Crippen molar-refractivity contribution < 1.29 is 19.7 Å². The first kappa shape index (κ1) is 9.93. The molecule has 1 heterocycles. The van der Waals surface area contributed by atoms with E-state index in [2.05, 4.69) is 0 Å². The Bertz CT molecular complexity index is 228. The van der Waals surface area contributed by atoms with Crippen LogP contribution in [0.5, 0.6) is 0 Å². The van der Waals surface area contributed by atoms with Gasteiger partial charge in [-0.05, 0) is 31.6 Å². The minimum Gasteiger partial charge on any atom is -0.479 e. The Labute approximate surface area is 82.9 Å². The van der Waals surface area contributed by atoms with Gasteiger partial charge in [-0.2, -0.15) is 0 Å². The van der Waals surface area contributed by atoms with E-state index in [-0.39, 0.29) is 11.3 Å². The van der Waals surface area contributed by atoms with Gasteiger partial charge in [0.25, 0.3) is 0 Å². The number of ether oxygens (including phenoxy) is 1. The molecule has 2 rings (SSSR count). The molecule has 2 N–H and O–H groups in total. The predicted molar refractivity (Wildman–Crippen MR) is 48.9 cm³/mol. The van der Waals surface area contributed by atoms with Gasteiger partial charge in [0, 0.05) is 12.0 Å². The average Bonchev–Trinajstić information content (AvgIpc) is 2.99. The molecule has 0 aromatic rings. The number of carbonyl (C=O) groups is 1. The number of rotatable bonds is 3. The summed E-state index contributed by atoms with van der Waals surface area (Å²) in [6, 6.07) is 0. The average molecular weight is 200 g/mol. The van der Waals surface area contributed by atoms with E-state index in [0.29, 0.717) is 6.61 Å². The molecule has 1 saturated carbocycles. The summed E-state index contributed by atoms with van der Waals surface area (Å²) in [5.41, 5.74) is -0.369. The summed E-state index contributed by atoms with van der Waals surface area (Å²) in [6.45, 7) is 1.39. The second kappa shape index (κ2) is 3.51. The van der Waals surface area contributed by atoms with Crippen molar-refractivity contribution in [3.8, 4) is 0 Å². The van der Waals surface area contributed by atoms with Crippen molar-refractivity contribution in [3.05, 3.63) is 0 Å². The summed E-state index contributed by atoms with van der Waals surface area (Å²) >= 11 is 0. The molecular weight excluding hydrogens is 184 g/mol. The van der Waals surface area contributed by atoms with Gasteiger partial charge in [-0.15, -0.1) is 0 Å². The minimum atomic E-state index is -1.20. The van der Waals surface area contributed by atoms with Gasteiger partial charge >= 0.3 is 5.97 Å². The summed E-state index contributed by atoms with van der Waals surface area (Å²) in [4.78, 5) is 10.7. The third-order valence-electron chi connectivity index (χ3n) is 3.58. The number of carboxylic acids is 1. The van der Waals surface area contributed by atoms with Gasteiger partial charge < -0.3 is 14.9 Å². The first-order valence-electron chi connectivity index (χ1n) is 5.15. The summed E-state index contributed by atoms with van der Waals surface area (Å²) in [5.74, 6) is -0.851. The molecule has 2 atom stereocenters. The van der Waals surface area contributed by atoms with Crippen molar-refractivity contribution in [2.45, 2.75) is 31.8 Å². The second-order valence-electron chi connectivity index (χ2n) is 4.39. The molecule has 2 unspecified atom stereocenters. The van der Waals surface area contributed by atoms with Crippen LogP contribution in [-0.4, -0.2) is 35.5 Å². The van der Waals surface area contributed by atoms with Gasteiger partial charge in [0.15, 0.2) is 6.10 Å². The quantitative estimate of drug-likeness (QED) is 0.701. The normalized spacial score (nSPS) is 32.2. The number of aliphatic hydroxyl groups excluding tert-OH is 1. The molecule has 1 aliphatic carbocycles. The molecule has 1 aliphatic heterocycles. The van der Waals surface area contributed by atoms with E-state index in [1.54, 1.807) is 0 Å². The molecule has 2 fully saturated rings. The number of aliphatic hydroxyl groups is 1. The fourth-order valence-corrected chi connectivity index (χ4v) is 2.49. The predicted octanol–water partition coefficient (Wildman–Crippen LogP) is 0.639. The lowest BCUT2D eigenvalue weighted by Gasteiger charge is -2.31. The van der Waals surface area contributed by atoms with Crippen LogP contribution in [0.2, 0.25) is 0 Å². The van der Waals surface area contributed by atoms with Crippen LogP contribution in [0.15, 0.2) is 0 Å². The number of hydrogen-bond acceptors (Lipinski definition) is 3. The summed E-state index contributed by atoms with van der Waals surface area (Å²) in [7, 11) is 0. The molecule has 0 bridgehead atoms. The fourth-order valence-electron chi connectivity index (χ4n) is 2.49. The van der Waals surface area contributed by atoms with Crippen LogP contribution in [0, 0.1) is 11.3 Å². The highest BCUT2D eigenvalue weighted by Gasteiger charge is 2.57. The molecular formula is C10H16O4. The van der Waals surface area contributed by atoms with E-state index < -0.39 is 12.1 Å². The summed E-state index contributed by atoms with van der Waals surface area (Å²) < 4.78 is 5.33. The molecule has 0 spiro atoms. The lowest BCUT2D eigenvalue weighted by molar-refractivity contribution is -0.154. The van der Waals surface area contributed by atoms with Crippen molar-refractivity contribution in [3.63, 3.8) is 0 Å². The molecule has 1 saturated heterocycles. The van der Waals surface area contributed by atoms with Crippen molar-refractivity contribution in [2.75, 3.05) is 13.2 Å². The highest BCUT2D eigenvalue weighted by atomic mass is 16.5. The highest BCUT2D eigenvalue weighted by molar-refractivity contribution is 5.73. The molecule has 4 heteroatoms. The van der Waals surface area contributed by atoms with E-state index >= 15 is 0 Å². The molecule has 0 aromatic heterocycles. The zero-order valence-corrected chi connectivity index (χ0v) is 8.11. The van der Waals surface area contributed by atoms with Gasteiger partial charge in [0.2, 0.25) is 0 Å². The first-order valence-corrected chi connectivity index (χ1v) is 5.15. The Balaban J connectivity index is 2.03. The van der Waals surface area contributed by atoms with Crippen LogP contribution in [-0.2, 0) is 9.53 Å². The smallest absolute Gasteiger partial charge is 0.333 e. The molecule has 2 aliphatic rings. The summed E-state index contributed by atoms with van der Waals surface area (Å²) in [6.07, 6.45) is 2.43. The van der Waals surface area contributed by atoms with Gasteiger partial charge in [-0.3, -0.25) is 0 Å². The fraction of sp³-hybridized carbons (Fsp3) is 0.900. The highest BCUT2D eigenvalue weighted by Crippen LogP contribution is 2.56. The van der Waals surface area contributed by atoms with Crippen LogP contribution >= 0.6 is 0 Å². The van der Waals surface area contributed by atoms with Gasteiger partial charge in [-0.25, -0.2) is 4.79 Å². The van der Waals surface area contributed by atoms with Gasteiger partial charge in [0.1, 0.15) is 0 Å². The van der Waals surface area contributed by atoms with Crippen molar-refractivity contribution in [2.24, 2.45) is 11.3 Å². The topological polar surface area (TPSA) is 66.8 Å². The maximum atomic E-state index is 10.7. The summed E-state index contributed by atoms with van der Waals surface area (Å²) in [5, 5.41) is 18.4. The lowest BCUT2D eigenvalue weighted by Crippen LogP contribution is -2.39. The number of hydrogen-bond donors (Lipinski definition) is 2. The molecule has 0 radical (unpaired) electrons. The second-order valence-corrected chi connectivity index (χ2v) is 4.39. The zero-order chi connectivity index (χ0) is 10.2. The molecule has 80 valence electrons. The van der Waals surface area contributed by atoms with Crippen LogP contribution in [0.25, 0.3) is 0 Å². The number of aliphatic carboxylic acids is 1. The maximum Gasteiger partial charge on any atom is 0.333 e. The SMILES string of the molecule is O=C(O)C(O)C1(C2CCCOC2)CC1. The Morgan fingerprint density at radius 3 is 2.64 bits per heavy atom. The van der Waals surface area contributed by atoms with Crippen LogP contribution < -0.4 is 0 Å². The zero-order valence-electron chi connectivity index (χ0n) is 8.11. The molecule has 0 amide bonds. The van der Waals surface area contributed by atoms with Crippen LogP contribution in [0.3, 0.4) is 0 Å². The third kappa shape index (κ3) is 1.53. The standard InChI is InChI=1S/C10H16O4/c11-8(9(12)13)10(3-4-10)7-2-1-5-14-6-7/h7-8,11H,1-6H2,(H,12,13). The molecule has 0 aromatic carbocycles. The Morgan fingerprint density at radius 2 is 2.21 bits per heavy atom. The van der Waals surface area contributed by atoms with E-state index in [1.807, 2.05) is 0 Å². The van der Waals surface area contributed by atoms with Crippen LogP contribution in [0.4, 0.5) is 0 Å². The number of carboxylic acid groups (broad SMARTS) is 1. The Morgan fingerprint density at radius 1 is 1.50 bits per heavy atom. The van der Waals surface area contributed by atoms with Crippen molar-refractivity contribution in [1.29, 1.82) is 0 Å². The Hall–Kier alpha value is -0.610. The minimum absolute atomic E-state index is 0.238. The first-order chi connectivity index (χ1) is 6.67. The monoisotopic (exact) mass is 200 g/mol. The third-order valence-corrected chi connectivity index (χ3v) is 3.58. The maximum absolute atomic E-state index is 10.7. The van der Waals surface area contributed by atoms with E-state index in [0.717, 1.165) is 32.3 Å². The molecule has 4 nitrogen and oxygen atoms in total. The largest absolute Gasteiger partial charge is 0.479 e. The van der Waals surface area contributed by atoms with Crippen molar-refractivity contribution in [1.82, 2.24) is 0 Å².